The standard InChI is InChI=1S/C18H17NO4/c1-21-11-10-14-2-8-17(9-3-14)23-18(20)13-22-16-6-4-15(12-19)5-7-16/h2-9H,10-11,13H2,1H3. The van der Waals surface area contributed by atoms with Gasteiger partial charge in [-0.3, -0.25) is 0 Å². The summed E-state index contributed by atoms with van der Waals surface area (Å²) in [5.41, 5.74) is 1.65. The maximum atomic E-state index is 11.7. The average molecular weight is 311 g/mol. The van der Waals surface area contributed by atoms with Crippen molar-refractivity contribution in [2.24, 2.45) is 0 Å². The molecule has 2 aromatic rings. The molecule has 0 fully saturated rings. The Bertz CT molecular complexity index is 672. The van der Waals surface area contributed by atoms with Gasteiger partial charge in [-0.05, 0) is 48.4 Å². The number of carbonyl (C=O) groups excluding carboxylic acids is 1. The van der Waals surface area contributed by atoms with E-state index in [1.165, 1.54) is 0 Å². The Hall–Kier alpha value is -2.84. The fourth-order valence-electron chi connectivity index (χ4n) is 1.87. The fraction of sp³-hybridized carbons (Fsp3) is 0.222. The molecule has 0 aromatic heterocycles. The van der Waals surface area contributed by atoms with E-state index in [1.807, 2.05) is 18.2 Å². The van der Waals surface area contributed by atoms with E-state index in [-0.39, 0.29) is 6.61 Å². The van der Waals surface area contributed by atoms with Gasteiger partial charge < -0.3 is 14.2 Å². The van der Waals surface area contributed by atoms with Gasteiger partial charge in [0, 0.05) is 7.11 Å². The second-order valence-electron chi connectivity index (χ2n) is 4.79. The van der Waals surface area contributed by atoms with Crippen LogP contribution >= 0.6 is 0 Å². The number of nitrogens with zero attached hydrogens (tertiary/aromatic N) is 1. The average Bonchev–Trinajstić information content (AvgIpc) is 2.60. The lowest BCUT2D eigenvalue weighted by atomic mass is 10.1. The molecular formula is C18H17NO4. The maximum absolute atomic E-state index is 11.7. The lowest BCUT2D eigenvalue weighted by Crippen LogP contribution is -2.17. The van der Waals surface area contributed by atoms with Crippen molar-refractivity contribution in [1.82, 2.24) is 0 Å². The third-order valence-corrected chi connectivity index (χ3v) is 3.09. The monoisotopic (exact) mass is 311 g/mol. The normalized spacial score (nSPS) is 9.91. The first-order valence-corrected chi connectivity index (χ1v) is 7.13. The van der Waals surface area contributed by atoms with Crippen molar-refractivity contribution >= 4 is 5.97 Å². The highest BCUT2D eigenvalue weighted by atomic mass is 16.6. The SMILES string of the molecule is COCCc1ccc(OC(=O)COc2ccc(C#N)cc2)cc1. The summed E-state index contributed by atoms with van der Waals surface area (Å²) in [6, 6.07) is 15.8. The van der Waals surface area contributed by atoms with E-state index in [2.05, 4.69) is 0 Å². The summed E-state index contributed by atoms with van der Waals surface area (Å²) < 4.78 is 15.5. The van der Waals surface area contributed by atoms with Gasteiger partial charge in [0.25, 0.3) is 0 Å². The van der Waals surface area contributed by atoms with Gasteiger partial charge in [-0.2, -0.15) is 5.26 Å². The lowest BCUT2D eigenvalue weighted by Gasteiger charge is -2.07. The molecule has 0 aliphatic heterocycles. The Morgan fingerprint density at radius 1 is 1.04 bits per heavy atom. The summed E-state index contributed by atoms with van der Waals surface area (Å²) in [6.45, 7) is 0.453. The molecule has 0 saturated heterocycles. The number of ether oxygens (including phenoxy) is 3. The summed E-state index contributed by atoms with van der Waals surface area (Å²) in [4.78, 5) is 11.7. The molecule has 0 saturated carbocycles. The molecule has 0 aliphatic rings. The van der Waals surface area contributed by atoms with E-state index in [4.69, 9.17) is 19.5 Å². The zero-order chi connectivity index (χ0) is 16.5. The van der Waals surface area contributed by atoms with Crippen LogP contribution in [0.1, 0.15) is 11.1 Å². The molecule has 2 aromatic carbocycles. The number of rotatable bonds is 7. The number of hydrogen-bond donors (Lipinski definition) is 0. The van der Waals surface area contributed by atoms with Crippen LogP contribution in [0, 0.1) is 11.3 Å². The van der Waals surface area contributed by atoms with Crippen LogP contribution in [0.3, 0.4) is 0 Å². The van der Waals surface area contributed by atoms with Gasteiger partial charge in [0.15, 0.2) is 6.61 Å². The van der Waals surface area contributed by atoms with Gasteiger partial charge in [-0.25, -0.2) is 4.79 Å². The summed E-state index contributed by atoms with van der Waals surface area (Å²) in [5.74, 6) is 0.495. The Balaban J connectivity index is 1.80. The first-order chi connectivity index (χ1) is 11.2. The second kappa shape index (κ2) is 8.57. The number of carbonyl (C=O) groups is 1. The molecule has 0 atom stereocenters. The molecule has 0 bridgehead atoms. The molecule has 5 nitrogen and oxygen atoms in total. The van der Waals surface area contributed by atoms with Gasteiger partial charge >= 0.3 is 5.97 Å². The van der Waals surface area contributed by atoms with Crippen molar-refractivity contribution in [2.45, 2.75) is 6.42 Å². The largest absolute Gasteiger partial charge is 0.482 e. The van der Waals surface area contributed by atoms with Crippen molar-refractivity contribution in [1.29, 1.82) is 5.26 Å². The van der Waals surface area contributed by atoms with Crippen LogP contribution in [-0.2, 0) is 16.0 Å². The summed E-state index contributed by atoms with van der Waals surface area (Å²) >= 11 is 0. The number of benzene rings is 2. The molecule has 0 N–H and O–H groups in total. The molecule has 0 unspecified atom stereocenters. The Morgan fingerprint density at radius 2 is 1.70 bits per heavy atom. The lowest BCUT2D eigenvalue weighted by molar-refractivity contribution is -0.136. The highest BCUT2D eigenvalue weighted by molar-refractivity contribution is 5.73. The third kappa shape index (κ3) is 5.46. The van der Waals surface area contributed by atoms with Crippen LogP contribution in [0.25, 0.3) is 0 Å². The molecule has 0 heterocycles. The minimum absolute atomic E-state index is 0.197. The first kappa shape index (κ1) is 16.5. The van der Waals surface area contributed by atoms with E-state index in [0.29, 0.717) is 23.7 Å². The number of esters is 1. The smallest absolute Gasteiger partial charge is 0.349 e. The van der Waals surface area contributed by atoms with Crippen molar-refractivity contribution in [3.05, 3.63) is 59.7 Å². The predicted octanol–water partition coefficient (Wildman–Crippen LogP) is 2.73. The van der Waals surface area contributed by atoms with Gasteiger partial charge in [-0.1, -0.05) is 12.1 Å². The molecule has 2 rings (SSSR count). The van der Waals surface area contributed by atoms with Gasteiger partial charge in [0.05, 0.1) is 18.2 Å². The van der Waals surface area contributed by atoms with E-state index in [1.54, 1.807) is 43.5 Å². The third-order valence-electron chi connectivity index (χ3n) is 3.09. The Morgan fingerprint density at radius 3 is 2.30 bits per heavy atom. The molecule has 0 amide bonds. The molecular weight excluding hydrogens is 294 g/mol. The fourth-order valence-corrected chi connectivity index (χ4v) is 1.87. The highest BCUT2D eigenvalue weighted by Crippen LogP contribution is 2.14. The predicted molar refractivity (Wildman–Crippen MR) is 84.3 cm³/mol. The quantitative estimate of drug-likeness (QED) is 0.581. The highest BCUT2D eigenvalue weighted by Gasteiger charge is 2.06. The number of hydrogen-bond acceptors (Lipinski definition) is 5. The molecule has 0 radical (unpaired) electrons. The zero-order valence-electron chi connectivity index (χ0n) is 12.8. The topological polar surface area (TPSA) is 68.6 Å². The minimum Gasteiger partial charge on any atom is -0.482 e. The second-order valence-corrected chi connectivity index (χ2v) is 4.79. The number of methoxy groups -OCH3 is 1. The molecule has 118 valence electrons. The van der Waals surface area contributed by atoms with E-state index < -0.39 is 5.97 Å². The van der Waals surface area contributed by atoms with Crippen molar-refractivity contribution in [2.75, 3.05) is 20.3 Å². The zero-order valence-corrected chi connectivity index (χ0v) is 12.8. The van der Waals surface area contributed by atoms with Crippen molar-refractivity contribution in [3.8, 4) is 17.6 Å². The summed E-state index contributed by atoms with van der Waals surface area (Å²) in [7, 11) is 1.66. The Kier molecular flexibility index (Phi) is 6.16. The van der Waals surface area contributed by atoms with Crippen LogP contribution in [0.15, 0.2) is 48.5 Å². The van der Waals surface area contributed by atoms with Crippen molar-refractivity contribution in [3.63, 3.8) is 0 Å². The van der Waals surface area contributed by atoms with Crippen LogP contribution < -0.4 is 9.47 Å². The van der Waals surface area contributed by atoms with E-state index >= 15 is 0 Å². The molecule has 0 aliphatic carbocycles. The van der Waals surface area contributed by atoms with Gasteiger partial charge in [-0.15, -0.1) is 0 Å². The summed E-state index contributed by atoms with van der Waals surface area (Å²) in [5, 5.41) is 8.71. The first-order valence-electron chi connectivity index (χ1n) is 7.13. The van der Waals surface area contributed by atoms with Crippen LogP contribution in [0.5, 0.6) is 11.5 Å². The molecule has 0 spiro atoms. The van der Waals surface area contributed by atoms with Crippen LogP contribution in [0.2, 0.25) is 0 Å². The minimum atomic E-state index is -0.487. The Labute approximate surface area is 135 Å². The van der Waals surface area contributed by atoms with E-state index in [9.17, 15) is 4.79 Å². The van der Waals surface area contributed by atoms with Crippen molar-refractivity contribution < 1.29 is 19.0 Å². The molecule has 23 heavy (non-hydrogen) atoms. The van der Waals surface area contributed by atoms with E-state index in [0.717, 1.165) is 12.0 Å². The van der Waals surface area contributed by atoms with Crippen LogP contribution in [-0.4, -0.2) is 26.3 Å². The van der Waals surface area contributed by atoms with Crippen LogP contribution in [0.4, 0.5) is 0 Å². The molecule has 5 heteroatoms. The number of nitriles is 1. The van der Waals surface area contributed by atoms with Gasteiger partial charge in [0.1, 0.15) is 11.5 Å². The van der Waals surface area contributed by atoms with Gasteiger partial charge in [0.2, 0.25) is 0 Å². The summed E-state index contributed by atoms with van der Waals surface area (Å²) in [6.07, 6.45) is 0.812. The maximum Gasteiger partial charge on any atom is 0.349 e.